The van der Waals surface area contributed by atoms with Crippen molar-refractivity contribution in [3.63, 3.8) is 0 Å². The van der Waals surface area contributed by atoms with E-state index >= 15 is 0 Å². The molecular weight excluding hydrogens is 237 g/mol. The molecule has 2 nitrogen and oxygen atoms in total. The summed E-state index contributed by atoms with van der Waals surface area (Å²) in [6.45, 7) is 0.556. The van der Waals surface area contributed by atoms with Crippen molar-refractivity contribution in [2.75, 3.05) is 19.9 Å². The van der Waals surface area contributed by atoms with Gasteiger partial charge in [0.25, 0.3) is 0 Å². The van der Waals surface area contributed by atoms with Crippen molar-refractivity contribution < 1.29 is 9.13 Å². The molecule has 17 heavy (non-hydrogen) atoms. The predicted octanol–water partition coefficient (Wildman–Crippen LogP) is 2.94. The zero-order chi connectivity index (χ0) is 12.5. The average Bonchev–Trinajstić information content (AvgIpc) is 2.27. The minimum absolute atomic E-state index is 0.0715. The van der Waals surface area contributed by atoms with Gasteiger partial charge in [-0.15, -0.1) is 11.8 Å². The predicted molar refractivity (Wildman–Crippen MR) is 69.3 cm³/mol. The number of hydrogen-bond acceptors (Lipinski definition) is 3. The molecule has 0 heterocycles. The lowest BCUT2D eigenvalue weighted by Gasteiger charge is -2.42. The summed E-state index contributed by atoms with van der Waals surface area (Å²) in [4.78, 5) is 0.849. The van der Waals surface area contributed by atoms with Crippen LogP contribution in [0.25, 0.3) is 0 Å². The number of thioether (sulfide) groups is 1. The Morgan fingerprint density at radius 1 is 1.47 bits per heavy atom. The van der Waals surface area contributed by atoms with Crippen LogP contribution in [-0.2, 0) is 5.41 Å². The number of hydrogen-bond donors (Lipinski definition) is 1. The van der Waals surface area contributed by atoms with Crippen LogP contribution in [0.4, 0.5) is 4.39 Å². The molecule has 1 aromatic carbocycles. The maximum absolute atomic E-state index is 13.6. The second-order valence-electron chi connectivity index (χ2n) is 4.53. The Balaban J connectivity index is 2.55. The molecule has 0 amide bonds. The zero-order valence-corrected chi connectivity index (χ0v) is 11.1. The number of methoxy groups -OCH3 is 1. The molecule has 1 saturated carbocycles. The Bertz CT molecular complexity index is 413. The Labute approximate surface area is 106 Å². The summed E-state index contributed by atoms with van der Waals surface area (Å²) in [6.07, 6.45) is 5.14. The van der Waals surface area contributed by atoms with Gasteiger partial charge in [-0.05, 0) is 31.2 Å². The molecule has 4 heteroatoms. The Kier molecular flexibility index (Phi) is 3.64. The van der Waals surface area contributed by atoms with Crippen LogP contribution in [-0.4, -0.2) is 19.9 Å². The molecule has 0 atom stereocenters. The molecule has 0 spiro atoms. The van der Waals surface area contributed by atoms with Gasteiger partial charge < -0.3 is 10.5 Å². The highest BCUT2D eigenvalue weighted by Gasteiger charge is 2.40. The molecule has 2 N–H and O–H groups in total. The van der Waals surface area contributed by atoms with Crippen molar-refractivity contribution >= 4 is 11.8 Å². The maximum Gasteiger partial charge on any atom is 0.136 e. The van der Waals surface area contributed by atoms with Gasteiger partial charge in [0, 0.05) is 17.5 Å². The van der Waals surface area contributed by atoms with E-state index in [1.807, 2.05) is 6.26 Å². The van der Waals surface area contributed by atoms with Crippen molar-refractivity contribution in [3.05, 3.63) is 23.5 Å². The molecule has 1 aromatic rings. The molecule has 0 saturated heterocycles. The van der Waals surface area contributed by atoms with Crippen LogP contribution < -0.4 is 10.5 Å². The van der Waals surface area contributed by atoms with Gasteiger partial charge >= 0.3 is 0 Å². The van der Waals surface area contributed by atoms with E-state index in [4.69, 9.17) is 10.5 Å². The van der Waals surface area contributed by atoms with E-state index in [0.29, 0.717) is 6.54 Å². The number of rotatable bonds is 4. The average molecular weight is 255 g/mol. The molecule has 0 bridgehead atoms. The Morgan fingerprint density at radius 2 is 2.18 bits per heavy atom. The molecular formula is C13H18FNOS. The second-order valence-corrected chi connectivity index (χ2v) is 5.37. The van der Waals surface area contributed by atoms with Gasteiger partial charge in [0.15, 0.2) is 0 Å². The summed E-state index contributed by atoms with van der Waals surface area (Å²) < 4.78 is 19.1. The van der Waals surface area contributed by atoms with Crippen molar-refractivity contribution in [2.45, 2.75) is 29.6 Å². The van der Waals surface area contributed by atoms with E-state index in [-0.39, 0.29) is 11.2 Å². The maximum atomic E-state index is 13.6. The fraction of sp³-hybridized carbons (Fsp3) is 0.538. The molecule has 0 aliphatic heterocycles. The first-order chi connectivity index (χ1) is 8.16. The van der Waals surface area contributed by atoms with Gasteiger partial charge in [0.1, 0.15) is 11.6 Å². The molecule has 94 valence electrons. The standard InChI is InChI=1S/C13H18FNOS/c1-16-12-10(13(8-15)4-3-5-13)6-9(14)7-11(12)17-2/h6-7H,3-5,8,15H2,1-2H3. The van der Waals surface area contributed by atoms with Gasteiger partial charge in [-0.1, -0.05) is 6.42 Å². The van der Waals surface area contributed by atoms with E-state index in [9.17, 15) is 4.39 Å². The molecule has 1 fully saturated rings. The number of halogens is 1. The minimum atomic E-state index is -0.204. The summed E-state index contributed by atoms with van der Waals surface area (Å²) in [5.74, 6) is 0.592. The third-order valence-corrected chi connectivity index (χ3v) is 4.46. The lowest BCUT2D eigenvalue weighted by Crippen LogP contribution is -2.42. The zero-order valence-electron chi connectivity index (χ0n) is 10.3. The van der Waals surface area contributed by atoms with Crippen LogP contribution in [0, 0.1) is 5.82 Å². The van der Waals surface area contributed by atoms with Crippen LogP contribution in [0.1, 0.15) is 24.8 Å². The quantitative estimate of drug-likeness (QED) is 0.840. The van der Waals surface area contributed by atoms with Gasteiger partial charge in [0.05, 0.1) is 12.0 Å². The monoisotopic (exact) mass is 255 g/mol. The molecule has 1 aliphatic carbocycles. The van der Waals surface area contributed by atoms with Crippen LogP contribution in [0.15, 0.2) is 17.0 Å². The summed E-state index contributed by atoms with van der Waals surface area (Å²) in [7, 11) is 1.64. The summed E-state index contributed by atoms with van der Waals surface area (Å²) in [5, 5.41) is 0. The molecule has 1 aliphatic rings. The number of nitrogens with two attached hydrogens (primary N) is 1. The van der Waals surface area contributed by atoms with Gasteiger partial charge in [-0.2, -0.15) is 0 Å². The fourth-order valence-corrected chi connectivity index (χ4v) is 3.12. The summed E-state index contributed by atoms with van der Waals surface area (Å²) in [5.41, 5.74) is 6.75. The fourth-order valence-electron chi connectivity index (χ4n) is 2.51. The lowest BCUT2D eigenvalue weighted by atomic mass is 9.64. The van der Waals surface area contributed by atoms with Crippen LogP contribution in [0.3, 0.4) is 0 Å². The molecule has 0 unspecified atom stereocenters. The summed E-state index contributed by atoms with van der Waals surface area (Å²) >= 11 is 1.50. The lowest BCUT2D eigenvalue weighted by molar-refractivity contribution is 0.241. The first-order valence-corrected chi connectivity index (χ1v) is 7.01. The van der Waals surface area contributed by atoms with Crippen LogP contribution in [0.2, 0.25) is 0 Å². The number of benzene rings is 1. The third kappa shape index (κ3) is 2.04. The van der Waals surface area contributed by atoms with Crippen LogP contribution in [0.5, 0.6) is 5.75 Å². The summed E-state index contributed by atoms with van der Waals surface area (Å²) in [6, 6.07) is 3.11. The molecule has 2 rings (SSSR count). The van der Waals surface area contributed by atoms with E-state index in [1.54, 1.807) is 13.2 Å². The third-order valence-electron chi connectivity index (χ3n) is 3.72. The first-order valence-electron chi connectivity index (χ1n) is 5.79. The van der Waals surface area contributed by atoms with Crippen molar-refractivity contribution in [3.8, 4) is 5.75 Å². The first kappa shape index (κ1) is 12.7. The van der Waals surface area contributed by atoms with E-state index in [0.717, 1.165) is 35.5 Å². The van der Waals surface area contributed by atoms with E-state index in [2.05, 4.69) is 0 Å². The highest BCUT2D eigenvalue weighted by Crippen LogP contribution is 2.48. The molecule has 0 radical (unpaired) electrons. The topological polar surface area (TPSA) is 35.2 Å². The number of ether oxygens (including phenoxy) is 1. The molecule has 0 aromatic heterocycles. The van der Waals surface area contributed by atoms with Crippen molar-refractivity contribution in [1.82, 2.24) is 0 Å². The van der Waals surface area contributed by atoms with Crippen molar-refractivity contribution in [2.24, 2.45) is 5.73 Å². The van der Waals surface area contributed by atoms with Gasteiger partial charge in [0.2, 0.25) is 0 Å². The Hall–Kier alpha value is -0.740. The SMILES string of the molecule is COc1c(SC)cc(F)cc1C1(CN)CCC1. The van der Waals surface area contributed by atoms with Gasteiger partial charge in [-0.3, -0.25) is 0 Å². The largest absolute Gasteiger partial charge is 0.495 e. The van der Waals surface area contributed by atoms with Crippen molar-refractivity contribution in [1.29, 1.82) is 0 Å². The highest BCUT2D eigenvalue weighted by atomic mass is 32.2. The van der Waals surface area contributed by atoms with Crippen LogP contribution >= 0.6 is 11.8 Å². The van der Waals surface area contributed by atoms with E-state index < -0.39 is 0 Å². The highest BCUT2D eigenvalue weighted by molar-refractivity contribution is 7.98. The van der Waals surface area contributed by atoms with E-state index in [1.165, 1.54) is 17.8 Å². The normalized spacial score (nSPS) is 17.6. The van der Waals surface area contributed by atoms with Gasteiger partial charge in [-0.25, -0.2) is 4.39 Å². The Morgan fingerprint density at radius 3 is 2.59 bits per heavy atom. The minimum Gasteiger partial charge on any atom is -0.495 e. The smallest absolute Gasteiger partial charge is 0.136 e. The second kappa shape index (κ2) is 4.86.